The van der Waals surface area contributed by atoms with Crippen LogP contribution in [0.1, 0.15) is 18.2 Å². The van der Waals surface area contributed by atoms with Gasteiger partial charge >= 0.3 is 6.18 Å². The molecular formula is C22H20F4N4OS. The molecule has 1 heterocycles. The molecular weight excluding hydrogens is 444 g/mol. The third kappa shape index (κ3) is 6.27. The zero-order valence-corrected chi connectivity index (χ0v) is 18.0. The molecule has 0 bridgehead atoms. The van der Waals surface area contributed by atoms with Crippen LogP contribution in [-0.2, 0) is 17.5 Å². The normalized spacial score (nSPS) is 12.6. The van der Waals surface area contributed by atoms with Gasteiger partial charge in [0, 0.05) is 10.5 Å². The van der Waals surface area contributed by atoms with Crippen LogP contribution in [0.3, 0.4) is 0 Å². The van der Waals surface area contributed by atoms with Crippen molar-refractivity contribution in [2.24, 2.45) is 0 Å². The third-order valence-electron chi connectivity index (χ3n) is 4.66. The number of amides is 1. The molecule has 0 spiro atoms. The van der Waals surface area contributed by atoms with Crippen molar-refractivity contribution in [1.82, 2.24) is 19.6 Å². The summed E-state index contributed by atoms with van der Waals surface area (Å²) in [4.78, 5) is 21.5. The lowest BCUT2D eigenvalue weighted by Crippen LogP contribution is -2.40. The molecule has 0 aliphatic carbocycles. The average molecular weight is 464 g/mol. The lowest BCUT2D eigenvalue weighted by molar-refractivity contribution is -0.137. The molecule has 3 rings (SSSR count). The summed E-state index contributed by atoms with van der Waals surface area (Å²) in [5.41, 5.74) is 0.746. The minimum Gasteiger partial charge on any atom is -0.349 e. The number of hydrogen-bond donors (Lipinski definition) is 1. The predicted molar refractivity (Wildman–Crippen MR) is 114 cm³/mol. The fourth-order valence-corrected chi connectivity index (χ4v) is 3.56. The maximum absolute atomic E-state index is 13.0. The van der Waals surface area contributed by atoms with Crippen molar-refractivity contribution in [2.45, 2.75) is 30.6 Å². The number of rotatable bonds is 7. The highest BCUT2D eigenvalue weighted by Crippen LogP contribution is 2.30. The fourth-order valence-electron chi connectivity index (χ4n) is 2.71. The molecule has 0 saturated carbocycles. The highest BCUT2D eigenvalue weighted by molar-refractivity contribution is 7.97. The van der Waals surface area contributed by atoms with Crippen molar-refractivity contribution in [3.63, 3.8) is 0 Å². The smallest absolute Gasteiger partial charge is 0.349 e. The number of aromatic nitrogens is 2. The van der Waals surface area contributed by atoms with E-state index in [4.69, 9.17) is 0 Å². The van der Waals surface area contributed by atoms with Crippen LogP contribution in [-0.4, -0.2) is 33.3 Å². The Bertz CT molecular complexity index is 1060. The van der Waals surface area contributed by atoms with Gasteiger partial charge in [-0.2, -0.15) is 13.2 Å². The van der Waals surface area contributed by atoms with Crippen LogP contribution in [0.25, 0.3) is 11.3 Å². The largest absolute Gasteiger partial charge is 0.416 e. The number of hydrogen-bond acceptors (Lipinski definition) is 5. The molecule has 1 amide bonds. The van der Waals surface area contributed by atoms with Crippen LogP contribution < -0.4 is 5.32 Å². The SMILES string of the molecule is CC(C(=O)NCc1cc(-c2ccc(C(F)(F)F)cc2)ncn1)N(C)Sc1ccc(F)cc1. The second-order valence-electron chi connectivity index (χ2n) is 6.95. The van der Waals surface area contributed by atoms with E-state index in [2.05, 4.69) is 15.3 Å². The molecule has 1 aromatic heterocycles. The highest BCUT2D eigenvalue weighted by atomic mass is 32.2. The first-order valence-electron chi connectivity index (χ1n) is 9.56. The first-order chi connectivity index (χ1) is 15.1. The summed E-state index contributed by atoms with van der Waals surface area (Å²) in [5, 5.41) is 2.79. The summed E-state index contributed by atoms with van der Waals surface area (Å²) < 4.78 is 53.0. The molecule has 2 aromatic carbocycles. The van der Waals surface area contributed by atoms with Gasteiger partial charge in [0.25, 0.3) is 0 Å². The van der Waals surface area contributed by atoms with Crippen LogP contribution in [0.2, 0.25) is 0 Å². The summed E-state index contributed by atoms with van der Waals surface area (Å²) in [6, 6.07) is 11.8. The molecule has 0 radical (unpaired) electrons. The van der Waals surface area contributed by atoms with Gasteiger partial charge < -0.3 is 5.32 Å². The van der Waals surface area contributed by atoms with Gasteiger partial charge in [0.15, 0.2) is 0 Å². The van der Waals surface area contributed by atoms with Crippen molar-refractivity contribution >= 4 is 17.9 Å². The summed E-state index contributed by atoms with van der Waals surface area (Å²) in [6.07, 6.45) is -3.10. The van der Waals surface area contributed by atoms with Crippen molar-refractivity contribution in [2.75, 3.05) is 7.05 Å². The minimum atomic E-state index is -4.40. The number of halogens is 4. The lowest BCUT2D eigenvalue weighted by atomic mass is 10.1. The van der Waals surface area contributed by atoms with E-state index in [0.29, 0.717) is 17.0 Å². The van der Waals surface area contributed by atoms with Crippen molar-refractivity contribution in [1.29, 1.82) is 0 Å². The van der Waals surface area contributed by atoms with E-state index in [0.717, 1.165) is 17.0 Å². The average Bonchev–Trinajstić information content (AvgIpc) is 2.78. The van der Waals surface area contributed by atoms with E-state index in [9.17, 15) is 22.4 Å². The third-order valence-corrected chi connectivity index (χ3v) is 5.75. The standard InChI is InChI=1S/C22H20F4N4OS/c1-14(30(2)32-19-9-7-17(23)8-10-19)21(31)27-12-18-11-20(29-13-28-18)15-3-5-16(6-4-15)22(24,25)26/h3-11,13-14H,12H2,1-2H3,(H,27,31). The van der Waals surface area contributed by atoms with E-state index in [1.54, 1.807) is 36.5 Å². The van der Waals surface area contributed by atoms with Crippen LogP contribution in [0, 0.1) is 5.82 Å². The maximum Gasteiger partial charge on any atom is 0.416 e. The van der Waals surface area contributed by atoms with Gasteiger partial charge in [0.05, 0.1) is 29.5 Å². The van der Waals surface area contributed by atoms with Gasteiger partial charge in [-0.1, -0.05) is 12.1 Å². The summed E-state index contributed by atoms with van der Waals surface area (Å²) in [5.74, 6) is -0.569. The molecule has 0 saturated heterocycles. The molecule has 0 aliphatic rings. The molecule has 10 heteroatoms. The van der Waals surface area contributed by atoms with Gasteiger partial charge in [-0.15, -0.1) is 0 Å². The van der Waals surface area contributed by atoms with E-state index in [1.165, 1.54) is 42.5 Å². The Labute approximate surface area is 187 Å². The van der Waals surface area contributed by atoms with Gasteiger partial charge in [0.2, 0.25) is 5.91 Å². The second-order valence-corrected chi connectivity index (χ2v) is 8.18. The number of carbonyl (C=O) groups excluding carboxylic acids is 1. The molecule has 168 valence electrons. The quantitative estimate of drug-likeness (QED) is 0.396. The van der Waals surface area contributed by atoms with Crippen LogP contribution in [0.15, 0.2) is 65.8 Å². The molecule has 0 aliphatic heterocycles. The molecule has 3 aromatic rings. The lowest BCUT2D eigenvalue weighted by Gasteiger charge is -2.22. The highest BCUT2D eigenvalue weighted by Gasteiger charge is 2.30. The van der Waals surface area contributed by atoms with E-state index < -0.39 is 17.8 Å². The number of nitrogens with zero attached hydrogens (tertiary/aromatic N) is 3. The molecule has 5 nitrogen and oxygen atoms in total. The zero-order chi connectivity index (χ0) is 23.3. The Morgan fingerprint density at radius 3 is 2.38 bits per heavy atom. The monoisotopic (exact) mass is 464 g/mol. The molecule has 1 atom stereocenters. The topological polar surface area (TPSA) is 58.1 Å². The number of alkyl halides is 3. The van der Waals surface area contributed by atoms with Crippen LogP contribution >= 0.6 is 11.9 Å². The first kappa shape index (κ1) is 23.7. The Morgan fingerprint density at radius 1 is 1.09 bits per heavy atom. The molecule has 32 heavy (non-hydrogen) atoms. The predicted octanol–water partition coefficient (Wildman–Crippen LogP) is 4.95. The number of benzene rings is 2. The Balaban J connectivity index is 1.59. The van der Waals surface area contributed by atoms with E-state index >= 15 is 0 Å². The Morgan fingerprint density at radius 2 is 1.75 bits per heavy atom. The number of carbonyl (C=O) groups is 1. The summed E-state index contributed by atoms with van der Waals surface area (Å²) in [6.45, 7) is 1.87. The van der Waals surface area contributed by atoms with Gasteiger partial charge in [-0.25, -0.2) is 18.7 Å². The van der Waals surface area contributed by atoms with Crippen molar-refractivity contribution in [3.8, 4) is 11.3 Å². The molecule has 1 N–H and O–H groups in total. The fraction of sp³-hybridized carbons (Fsp3) is 0.227. The molecule has 1 unspecified atom stereocenters. The van der Waals surface area contributed by atoms with E-state index in [-0.39, 0.29) is 18.3 Å². The van der Waals surface area contributed by atoms with Crippen LogP contribution in [0.5, 0.6) is 0 Å². The summed E-state index contributed by atoms with van der Waals surface area (Å²) >= 11 is 1.31. The molecule has 0 fully saturated rings. The van der Waals surface area contributed by atoms with Crippen LogP contribution in [0.4, 0.5) is 17.6 Å². The Kier molecular flexibility index (Phi) is 7.47. The van der Waals surface area contributed by atoms with Gasteiger partial charge in [-0.05, 0) is 68.4 Å². The van der Waals surface area contributed by atoms with E-state index in [1.807, 2.05) is 0 Å². The Hall–Kier alpha value is -2.98. The van der Waals surface area contributed by atoms with Gasteiger partial charge in [-0.3, -0.25) is 4.79 Å². The maximum atomic E-state index is 13.0. The number of likely N-dealkylation sites (N-methyl/N-ethyl adjacent to an activating group) is 1. The summed E-state index contributed by atoms with van der Waals surface area (Å²) in [7, 11) is 1.76. The zero-order valence-electron chi connectivity index (χ0n) is 17.2. The number of nitrogens with one attached hydrogen (secondary N) is 1. The van der Waals surface area contributed by atoms with Crippen molar-refractivity contribution < 1.29 is 22.4 Å². The van der Waals surface area contributed by atoms with Gasteiger partial charge in [0.1, 0.15) is 12.1 Å². The van der Waals surface area contributed by atoms with Crippen molar-refractivity contribution in [3.05, 3.63) is 78.0 Å². The first-order valence-corrected chi connectivity index (χ1v) is 10.3. The second kappa shape index (κ2) is 10.1. The minimum absolute atomic E-state index is 0.133.